The van der Waals surface area contributed by atoms with Crippen LogP contribution in [0.3, 0.4) is 0 Å². The van der Waals surface area contributed by atoms with Gasteiger partial charge in [0.1, 0.15) is 17.5 Å². The highest BCUT2D eigenvalue weighted by atomic mass is 79.9. The minimum atomic E-state index is -0.865. The SMILES string of the molecule is Fc1cc(F)c(C(Br)C2CCCCCCC2)c(F)c1. The molecule has 0 saturated heterocycles. The van der Waals surface area contributed by atoms with Crippen molar-refractivity contribution in [1.29, 1.82) is 0 Å². The van der Waals surface area contributed by atoms with Gasteiger partial charge in [0, 0.05) is 22.5 Å². The van der Waals surface area contributed by atoms with Crippen molar-refractivity contribution >= 4 is 15.9 Å². The second-order valence-corrected chi connectivity index (χ2v) is 6.28. The molecule has 0 N–H and O–H groups in total. The summed E-state index contributed by atoms with van der Waals surface area (Å²) in [5.74, 6) is -2.23. The lowest BCUT2D eigenvalue weighted by Gasteiger charge is -2.25. The Labute approximate surface area is 120 Å². The van der Waals surface area contributed by atoms with E-state index < -0.39 is 17.5 Å². The fraction of sp³-hybridized carbons (Fsp3) is 0.600. The molecule has 1 saturated carbocycles. The summed E-state index contributed by atoms with van der Waals surface area (Å²) in [6.45, 7) is 0. The van der Waals surface area contributed by atoms with Crippen LogP contribution in [0.25, 0.3) is 0 Å². The van der Waals surface area contributed by atoms with Crippen molar-refractivity contribution in [2.75, 3.05) is 0 Å². The highest BCUT2D eigenvalue weighted by Crippen LogP contribution is 2.40. The van der Waals surface area contributed by atoms with Crippen LogP contribution in [0.5, 0.6) is 0 Å². The van der Waals surface area contributed by atoms with Gasteiger partial charge in [0.25, 0.3) is 0 Å². The summed E-state index contributed by atoms with van der Waals surface area (Å²) in [6.07, 6.45) is 7.74. The zero-order valence-electron chi connectivity index (χ0n) is 10.8. The van der Waals surface area contributed by atoms with Crippen LogP contribution in [0.4, 0.5) is 13.2 Å². The third-order valence-corrected chi connectivity index (χ3v) is 5.09. The van der Waals surface area contributed by atoms with E-state index in [4.69, 9.17) is 0 Å². The topological polar surface area (TPSA) is 0 Å². The molecule has 1 fully saturated rings. The molecule has 1 aromatic rings. The summed E-state index contributed by atoms with van der Waals surface area (Å²) in [5.41, 5.74) is -0.0213. The van der Waals surface area contributed by atoms with Gasteiger partial charge >= 0.3 is 0 Å². The van der Waals surface area contributed by atoms with Gasteiger partial charge in [-0.05, 0) is 18.8 Å². The molecule has 0 spiro atoms. The van der Waals surface area contributed by atoms with Crippen molar-refractivity contribution < 1.29 is 13.2 Å². The van der Waals surface area contributed by atoms with E-state index in [-0.39, 0.29) is 16.3 Å². The van der Waals surface area contributed by atoms with E-state index in [1.165, 1.54) is 19.3 Å². The van der Waals surface area contributed by atoms with Gasteiger partial charge in [-0.3, -0.25) is 0 Å². The molecule has 0 bridgehead atoms. The van der Waals surface area contributed by atoms with Crippen LogP contribution < -0.4 is 0 Å². The molecule has 1 aromatic carbocycles. The van der Waals surface area contributed by atoms with Gasteiger partial charge in [0.2, 0.25) is 0 Å². The molecule has 2 rings (SSSR count). The van der Waals surface area contributed by atoms with Crippen LogP contribution in [0.1, 0.15) is 55.3 Å². The summed E-state index contributed by atoms with van der Waals surface area (Å²) in [5, 5.41) is 0. The summed E-state index contributed by atoms with van der Waals surface area (Å²) in [7, 11) is 0. The van der Waals surface area contributed by atoms with E-state index in [2.05, 4.69) is 15.9 Å². The molecule has 0 nitrogen and oxygen atoms in total. The molecule has 0 aliphatic heterocycles. The Balaban J connectivity index is 2.19. The molecule has 1 aliphatic rings. The van der Waals surface area contributed by atoms with Crippen molar-refractivity contribution in [2.45, 2.75) is 49.8 Å². The first-order chi connectivity index (χ1) is 9.09. The van der Waals surface area contributed by atoms with Crippen LogP contribution >= 0.6 is 15.9 Å². The molecule has 0 amide bonds. The van der Waals surface area contributed by atoms with Gasteiger partial charge in [-0.2, -0.15) is 0 Å². The van der Waals surface area contributed by atoms with Crippen LogP contribution in [0.2, 0.25) is 0 Å². The fourth-order valence-corrected chi connectivity index (χ4v) is 3.80. The lowest BCUT2D eigenvalue weighted by molar-refractivity contribution is 0.364. The molecule has 106 valence electrons. The number of alkyl halides is 1. The van der Waals surface area contributed by atoms with E-state index in [1.807, 2.05) is 0 Å². The van der Waals surface area contributed by atoms with Crippen molar-refractivity contribution in [2.24, 2.45) is 5.92 Å². The maximum Gasteiger partial charge on any atom is 0.133 e. The maximum atomic E-state index is 13.8. The molecular weight excluding hydrogens is 317 g/mol. The molecule has 1 aliphatic carbocycles. The first-order valence-corrected chi connectivity index (χ1v) is 7.79. The summed E-state index contributed by atoms with van der Waals surface area (Å²) in [4.78, 5) is -0.369. The predicted molar refractivity (Wildman–Crippen MR) is 73.8 cm³/mol. The van der Waals surface area contributed by atoms with Gasteiger partial charge in [0.05, 0.1) is 0 Å². The predicted octanol–water partition coefficient (Wildman–Crippen LogP) is 5.90. The Morgan fingerprint density at radius 3 is 1.89 bits per heavy atom. The third-order valence-electron chi connectivity index (χ3n) is 3.88. The maximum absolute atomic E-state index is 13.8. The van der Waals surface area contributed by atoms with Crippen LogP contribution in [-0.2, 0) is 0 Å². The quantitative estimate of drug-likeness (QED) is 0.590. The summed E-state index contributed by atoms with van der Waals surface area (Å²) in [6, 6.07) is 1.52. The van der Waals surface area contributed by atoms with Gasteiger partial charge in [-0.15, -0.1) is 0 Å². The van der Waals surface area contributed by atoms with Crippen LogP contribution in [0, 0.1) is 23.4 Å². The zero-order valence-corrected chi connectivity index (χ0v) is 12.4. The minimum absolute atomic E-state index is 0.0213. The molecule has 19 heavy (non-hydrogen) atoms. The summed E-state index contributed by atoms with van der Waals surface area (Å²) >= 11 is 3.43. The monoisotopic (exact) mass is 334 g/mol. The molecule has 0 radical (unpaired) electrons. The van der Waals surface area contributed by atoms with E-state index >= 15 is 0 Å². The largest absolute Gasteiger partial charge is 0.207 e. The molecule has 0 heterocycles. The molecule has 4 heteroatoms. The second kappa shape index (κ2) is 6.78. The highest BCUT2D eigenvalue weighted by molar-refractivity contribution is 9.09. The number of halogens is 4. The van der Waals surface area contributed by atoms with Crippen molar-refractivity contribution in [3.8, 4) is 0 Å². The van der Waals surface area contributed by atoms with Crippen molar-refractivity contribution in [1.82, 2.24) is 0 Å². The average Bonchev–Trinajstić information content (AvgIpc) is 2.26. The Morgan fingerprint density at radius 1 is 0.895 bits per heavy atom. The molecule has 1 unspecified atom stereocenters. The van der Waals surface area contributed by atoms with E-state index in [9.17, 15) is 13.2 Å². The Kier molecular flexibility index (Phi) is 5.31. The van der Waals surface area contributed by atoms with Gasteiger partial charge < -0.3 is 0 Å². The third kappa shape index (κ3) is 3.74. The van der Waals surface area contributed by atoms with Gasteiger partial charge in [-0.1, -0.05) is 48.0 Å². The Hall–Kier alpha value is -0.510. The lowest BCUT2D eigenvalue weighted by Crippen LogP contribution is -2.13. The van der Waals surface area contributed by atoms with Crippen LogP contribution in [0.15, 0.2) is 12.1 Å². The van der Waals surface area contributed by atoms with Gasteiger partial charge in [0.15, 0.2) is 0 Å². The number of benzene rings is 1. The fourth-order valence-electron chi connectivity index (χ4n) is 2.83. The lowest BCUT2D eigenvalue weighted by atomic mass is 9.86. The molecule has 1 atom stereocenters. The standard InChI is InChI=1S/C15H18BrF3/c16-15(10-6-4-2-1-3-5-7-10)14-12(18)8-11(17)9-13(14)19/h8-10,15H,1-7H2. The van der Waals surface area contributed by atoms with Gasteiger partial charge in [-0.25, -0.2) is 13.2 Å². The average molecular weight is 335 g/mol. The van der Waals surface area contributed by atoms with Crippen molar-refractivity contribution in [3.63, 3.8) is 0 Å². The molecule has 0 aromatic heterocycles. The Bertz CT molecular complexity index is 402. The van der Waals surface area contributed by atoms with E-state index in [0.717, 1.165) is 37.8 Å². The normalized spacial score (nSPS) is 19.8. The Morgan fingerprint density at radius 2 is 1.37 bits per heavy atom. The summed E-state index contributed by atoms with van der Waals surface area (Å²) < 4.78 is 40.5. The van der Waals surface area contributed by atoms with E-state index in [0.29, 0.717) is 0 Å². The zero-order chi connectivity index (χ0) is 13.8. The number of rotatable bonds is 2. The second-order valence-electron chi connectivity index (χ2n) is 5.29. The van der Waals surface area contributed by atoms with Crippen LogP contribution in [-0.4, -0.2) is 0 Å². The van der Waals surface area contributed by atoms with E-state index in [1.54, 1.807) is 0 Å². The smallest absolute Gasteiger partial charge is 0.133 e. The number of hydrogen-bond donors (Lipinski definition) is 0. The first kappa shape index (κ1) is 14.9. The molecular formula is C15H18BrF3. The number of hydrogen-bond acceptors (Lipinski definition) is 0. The van der Waals surface area contributed by atoms with Crippen molar-refractivity contribution in [3.05, 3.63) is 35.1 Å². The highest BCUT2D eigenvalue weighted by Gasteiger charge is 2.27. The minimum Gasteiger partial charge on any atom is -0.207 e. The first-order valence-electron chi connectivity index (χ1n) is 6.88.